The standard InChI is InChI=1S/C35H24N4O3/c40-32(22-16-18-36-19-17-22)38-37-20-35-26-13-5-3-11-24(26)29(25-12-4-6-14-27(25)35)30-31(35)34(42)39(33(30)41)28-15-7-9-21-8-1-2-10-23(21)28/h1-20,29-31H,(H,38,40)/b37-20-/t29?,30-,31+,35?/m0/s1. The highest BCUT2D eigenvalue weighted by molar-refractivity contribution is 6.27. The van der Waals surface area contributed by atoms with Crippen molar-refractivity contribution in [2.75, 3.05) is 4.90 Å². The topological polar surface area (TPSA) is 91.7 Å². The third kappa shape index (κ3) is 3.19. The lowest BCUT2D eigenvalue weighted by Crippen LogP contribution is -2.54. The van der Waals surface area contributed by atoms with Crippen molar-refractivity contribution in [1.82, 2.24) is 10.4 Å². The Kier molecular flexibility index (Phi) is 5.25. The van der Waals surface area contributed by atoms with E-state index in [2.05, 4.69) is 15.5 Å². The first-order valence-electron chi connectivity index (χ1n) is 13.9. The molecule has 2 heterocycles. The summed E-state index contributed by atoms with van der Waals surface area (Å²) < 4.78 is 0. The molecule has 42 heavy (non-hydrogen) atoms. The van der Waals surface area contributed by atoms with E-state index in [1.54, 1.807) is 30.7 Å². The first kappa shape index (κ1) is 24.4. The van der Waals surface area contributed by atoms with Gasteiger partial charge in [0.25, 0.3) is 5.91 Å². The van der Waals surface area contributed by atoms with Crippen molar-refractivity contribution < 1.29 is 14.4 Å². The van der Waals surface area contributed by atoms with E-state index in [1.807, 2.05) is 91.0 Å². The van der Waals surface area contributed by atoms with Gasteiger partial charge in [-0.3, -0.25) is 19.4 Å². The molecular formula is C35H24N4O3. The zero-order chi connectivity index (χ0) is 28.4. The van der Waals surface area contributed by atoms with Gasteiger partial charge in [0, 0.05) is 35.5 Å². The number of aromatic nitrogens is 1. The molecule has 1 N–H and O–H groups in total. The summed E-state index contributed by atoms with van der Waals surface area (Å²) in [7, 11) is 0. The van der Waals surface area contributed by atoms with Crippen LogP contribution in [0.15, 0.2) is 121 Å². The summed E-state index contributed by atoms with van der Waals surface area (Å²) in [5.41, 5.74) is 6.45. The molecule has 1 fully saturated rings. The number of carbonyl (C=O) groups excluding carboxylic acids is 3. The van der Waals surface area contributed by atoms with Gasteiger partial charge >= 0.3 is 0 Å². The summed E-state index contributed by atoms with van der Waals surface area (Å²) in [6.45, 7) is 0. The molecule has 3 amide bonds. The summed E-state index contributed by atoms with van der Waals surface area (Å²) in [5.74, 6) is -2.50. The molecule has 2 atom stereocenters. The number of imide groups is 1. The van der Waals surface area contributed by atoms with Crippen LogP contribution in [0.5, 0.6) is 0 Å². The maximum absolute atomic E-state index is 14.7. The predicted octanol–water partition coefficient (Wildman–Crippen LogP) is 5.20. The number of rotatable bonds is 4. The maximum Gasteiger partial charge on any atom is 0.271 e. The number of hydrogen-bond donors (Lipinski definition) is 1. The molecule has 9 rings (SSSR count). The maximum atomic E-state index is 14.7. The van der Waals surface area contributed by atoms with Crippen LogP contribution in [0.4, 0.5) is 5.69 Å². The van der Waals surface area contributed by atoms with Crippen molar-refractivity contribution in [3.05, 3.63) is 143 Å². The molecule has 3 aliphatic carbocycles. The lowest BCUT2D eigenvalue weighted by molar-refractivity contribution is -0.122. The van der Waals surface area contributed by atoms with Gasteiger partial charge in [0.2, 0.25) is 11.8 Å². The monoisotopic (exact) mass is 548 g/mol. The average Bonchev–Trinajstić information content (AvgIpc) is 3.31. The Morgan fingerprint density at radius 1 is 0.786 bits per heavy atom. The van der Waals surface area contributed by atoms with Crippen LogP contribution in [0, 0.1) is 11.8 Å². The highest BCUT2D eigenvalue weighted by Gasteiger charge is 2.68. The molecule has 0 radical (unpaired) electrons. The number of benzene rings is 4. The number of fused-ring (bicyclic) bond motifs is 1. The molecule has 1 aliphatic heterocycles. The molecule has 0 spiro atoms. The van der Waals surface area contributed by atoms with Gasteiger partial charge in [0.15, 0.2) is 0 Å². The van der Waals surface area contributed by atoms with E-state index < -0.39 is 17.3 Å². The van der Waals surface area contributed by atoms with Gasteiger partial charge in [-0.05, 0) is 45.8 Å². The van der Waals surface area contributed by atoms with Gasteiger partial charge < -0.3 is 0 Å². The van der Waals surface area contributed by atoms with Crippen LogP contribution >= 0.6 is 0 Å². The van der Waals surface area contributed by atoms with E-state index in [0.29, 0.717) is 11.3 Å². The Hall–Kier alpha value is -5.43. The molecule has 1 saturated heterocycles. The largest absolute Gasteiger partial charge is 0.274 e. The summed E-state index contributed by atoms with van der Waals surface area (Å²) >= 11 is 0. The number of carbonyl (C=O) groups is 3. The van der Waals surface area contributed by atoms with Crippen LogP contribution in [0.1, 0.15) is 38.5 Å². The molecular weight excluding hydrogens is 524 g/mol. The third-order valence-electron chi connectivity index (χ3n) is 9.07. The molecule has 7 heteroatoms. The van der Waals surface area contributed by atoms with Gasteiger partial charge in [0.05, 0.1) is 22.9 Å². The number of hydrogen-bond acceptors (Lipinski definition) is 5. The first-order valence-corrected chi connectivity index (χ1v) is 13.9. The second kappa shape index (κ2) is 9.04. The zero-order valence-electron chi connectivity index (χ0n) is 22.3. The molecule has 4 aliphatic rings. The third-order valence-corrected chi connectivity index (χ3v) is 9.07. The normalized spacial score (nSPS) is 23.6. The minimum atomic E-state index is -1.07. The highest BCUT2D eigenvalue weighted by Crippen LogP contribution is 2.63. The minimum absolute atomic E-state index is 0.214. The first-order chi connectivity index (χ1) is 20.6. The fraction of sp³-hybridized carbons (Fsp3) is 0.114. The molecule has 5 aromatic rings. The van der Waals surface area contributed by atoms with Gasteiger partial charge in [-0.25, -0.2) is 10.3 Å². The fourth-order valence-electron chi connectivity index (χ4n) is 7.45. The number of hydrazone groups is 1. The summed E-state index contributed by atoms with van der Waals surface area (Å²) in [4.78, 5) is 47.4. The lowest BCUT2D eigenvalue weighted by Gasteiger charge is -2.52. The second-order valence-corrected chi connectivity index (χ2v) is 11.0. The smallest absolute Gasteiger partial charge is 0.271 e. The lowest BCUT2D eigenvalue weighted by atomic mass is 9.47. The van der Waals surface area contributed by atoms with Crippen molar-refractivity contribution in [3.8, 4) is 0 Å². The fourth-order valence-corrected chi connectivity index (χ4v) is 7.45. The minimum Gasteiger partial charge on any atom is -0.274 e. The van der Waals surface area contributed by atoms with Gasteiger partial charge in [-0.2, -0.15) is 5.10 Å². The van der Waals surface area contributed by atoms with Crippen LogP contribution in [-0.2, 0) is 15.0 Å². The van der Waals surface area contributed by atoms with E-state index in [4.69, 9.17) is 0 Å². The molecule has 0 unspecified atom stereocenters. The van der Waals surface area contributed by atoms with E-state index in [-0.39, 0.29) is 23.6 Å². The van der Waals surface area contributed by atoms with Crippen molar-refractivity contribution in [3.63, 3.8) is 0 Å². The molecule has 1 aromatic heterocycles. The number of nitrogens with zero attached hydrogens (tertiary/aromatic N) is 3. The van der Waals surface area contributed by atoms with Gasteiger partial charge in [0.1, 0.15) is 0 Å². The molecule has 4 aromatic carbocycles. The second-order valence-electron chi connectivity index (χ2n) is 11.0. The van der Waals surface area contributed by atoms with Crippen molar-refractivity contribution in [2.45, 2.75) is 11.3 Å². The number of anilines is 1. The SMILES string of the molecule is O=C(N/N=C\C12c3ccccc3C(c3ccccc31)[C@@H]1C(=O)N(c3cccc4ccccc34)C(=O)[C@@H]12)c1ccncc1. The summed E-state index contributed by atoms with van der Waals surface area (Å²) in [6, 6.07) is 32.7. The molecule has 0 saturated carbocycles. The van der Waals surface area contributed by atoms with Crippen LogP contribution < -0.4 is 10.3 Å². The van der Waals surface area contributed by atoms with E-state index in [0.717, 1.165) is 33.0 Å². The van der Waals surface area contributed by atoms with E-state index >= 15 is 0 Å². The quantitative estimate of drug-likeness (QED) is 0.190. The molecule has 7 nitrogen and oxygen atoms in total. The molecule has 2 bridgehead atoms. The number of nitrogens with one attached hydrogen (secondary N) is 1. The van der Waals surface area contributed by atoms with E-state index in [9.17, 15) is 14.4 Å². The Balaban J connectivity index is 1.33. The van der Waals surface area contributed by atoms with Crippen molar-refractivity contribution >= 4 is 40.4 Å². The Bertz CT molecular complexity index is 1920. The summed E-state index contributed by atoms with van der Waals surface area (Å²) in [5, 5.41) is 6.27. The van der Waals surface area contributed by atoms with Crippen LogP contribution in [0.3, 0.4) is 0 Å². The predicted molar refractivity (Wildman–Crippen MR) is 159 cm³/mol. The van der Waals surface area contributed by atoms with Gasteiger partial charge in [-0.15, -0.1) is 0 Å². The van der Waals surface area contributed by atoms with Crippen LogP contribution in [-0.4, -0.2) is 28.9 Å². The zero-order valence-corrected chi connectivity index (χ0v) is 22.3. The van der Waals surface area contributed by atoms with Crippen LogP contribution in [0.2, 0.25) is 0 Å². The Morgan fingerprint density at radius 3 is 2.17 bits per heavy atom. The van der Waals surface area contributed by atoms with Crippen LogP contribution in [0.25, 0.3) is 10.8 Å². The average molecular weight is 549 g/mol. The van der Waals surface area contributed by atoms with Gasteiger partial charge in [-0.1, -0.05) is 84.9 Å². The Labute approximate surface area is 241 Å². The number of pyridine rings is 1. The number of amides is 3. The highest BCUT2D eigenvalue weighted by atomic mass is 16.2. The van der Waals surface area contributed by atoms with Crippen molar-refractivity contribution in [1.29, 1.82) is 0 Å². The van der Waals surface area contributed by atoms with E-state index in [1.165, 1.54) is 4.90 Å². The van der Waals surface area contributed by atoms with Crippen molar-refractivity contribution in [2.24, 2.45) is 16.9 Å². The Morgan fingerprint density at radius 2 is 1.43 bits per heavy atom. The molecule has 202 valence electrons. The summed E-state index contributed by atoms with van der Waals surface area (Å²) in [6.07, 6.45) is 4.76.